The van der Waals surface area contributed by atoms with E-state index in [4.69, 9.17) is 0 Å². The molecule has 2 heterocycles. The van der Waals surface area contributed by atoms with Gasteiger partial charge in [-0.3, -0.25) is 15.1 Å². The van der Waals surface area contributed by atoms with Crippen molar-refractivity contribution in [2.24, 2.45) is 0 Å². The summed E-state index contributed by atoms with van der Waals surface area (Å²) in [4.78, 5) is 17.3. The van der Waals surface area contributed by atoms with E-state index in [1.54, 1.807) is 20.0 Å². The summed E-state index contributed by atoms with van der Waals surface area (Å²) in [5, 5.41) is 13.2. The molecule has 1 saturated heterocycles. The largest absolute Gasteiger partial charge is 0.304 e. The monoisotopic (exact) mass is 279 g/mol. The van der Waals surface area contributed by atoms with Crippen LogP contribution in [0.1, 0.15) is 16.8 Å². The number of hydrogen-bond donors (Lipinski definition) is 1. The van der Waals surface area contributed by atoms with Gasteiger partial charge in [0.05, 0.1) is 17.2 Å². The SMILES string of the molecule is Cc1cnc(CNN2CCN(C)CC2)c(C)c1[N+](=O)[O-]. The second-order valence-corrected chi connectivity index (χ2v) is 5.24. The van der Waals surface area contributed by atoms with Gasteiger partial charge in [0, 0.05) is 43.5 Å². The molecule has 1 aliphatic rings. The fraction of sp³-hybridized carbons (Fsp3) is 0.615. The molecule has 1 aliphatic heterocycles. The van der Waals surface area contributed by atoms with Crippen LogP contribution in [0.5, 0.6) is 0 Å². The molecule has 1 fully saturated rings. The third kappa shape index (κ3) is 3.30. The highest BCUT2D eigenvalue weighted by atomic mass is 16.6. The van der Waals surface area contributed by atoms with Gasteiger partial charge in [0.25, 0.3) is 5.69 Å². The number of nitro groups is 1. The lowest BCUT2D eigenvalue weighted by atomic mass is 10.1. The first kappa shape index (κ1) is 14.8. The Hall–Kier alpha value is -1.57. The van der Waals surface area contributed by atoms with Crippen LogP contribution in [0.3, 0.4) is 0 Å². The lowest BCUT2D eigenvalue weighted by Gasteiger charge is -2.32. The molecule has 0 radical (unpaired) electrons. The van der Waals surface area contributed by atoms with Gasteiger partial charge in [-0.1, -0.05) is 0 Å². The molecule has 7 nitrogen and oxygen atoms in total. The number of nitrogens with one attached hydrogen (secondary N) is 1. The predicted molar refractivity (Wildman–Crippen MR) is 76.3 cm³/mol. The third-order valence-corrected chi connectivity index (χ3v) is 3.73. The van der Waals surface area contributed by atoms with Gasteiger partial charge in [0.1, 0.15) is 0 Å². The van der Waals surface area contributed by atoms with Gasteiger partial charge in [-0.25, -0.2) is 10.4 Å². The third-order valence-electron chi connectivity index (χ3n) is 3.73. The van der Waals surface area contributed by atoms with E-state index in [-0.39, 0.29) is 10.6 Å². The van der Waals surface area contributed by atoms with Gasteiger partial charge in [-0.15, -0.1) is 0 Å². The quantitative estimate of drug-likeness (QED) is 0.651. The molecule has 1 N–H and O–H groups in total. The zero-order valence-electron chi connectivity index (χ0n) is 12.2. The minimum Gasteiger partial charge on any atom is -0.304 e. The molecule has 1 aromatic heterocycles. The van der Waals surface area contributed by atoms with Gasteiger partial charge in [0.15, 0.2) is 0 Å². The average molecular weight is 279 g/mol. The molecular formula is C13H21N5O2. The summed E-state index contributed by atoms with van der Waals surface area (Å²) in [6, 6.07) is 0. The first-order valence-electron chi connectivity index (χ1n) is 6.75. The van der Waals surface area contributed by atoms with Gasteiger partial charge >= 0.3 is 0 Å². The van der Waals surface area contributed by atoms with E-state index in [0.29, 0.717) is 17.7 Å². The van der Waals surface area contributed by atoms with E-state index in [1.165, 1.54) is 0 Å². The Labute approximate surface area is 118 Å². The number of rotatable bonds is 4. The number of hydrogen-bond acceptors (Lipinski definition) is 6. The minimum atomic E-state index is -0.328. The Morgan fingerprint density at radius 2 is 2.00 bits per heavy atom. The van der Waals surface area contributed by atoms with Crippen molar-refractivity contribution in [3.05, 3.63) is 33.1 Å². The van der Waals surface area contributed by atoms with E-state index in [0.717, 1.165) is 31.9 Å². The summed E-state index contributed by atoms with van der Waals surface area (Å²) < 4.78 is 0. The van der Waals surface area contributed by atoms with Crippen LogP contribution in [0, 0.1) is 24.0 Å². The molecule has 2 rings (SSSR count). The van der Waals surface area contributed by atoms with Crippen molar-refractivity contribution in [3.63, 3.8) is 0 Å². The van der Waals surface area contributed by atoms with Gasteiger partial charge in [-0.05, 0) is 20.9 Å². The number of nitrogens with zero attached hydrogens (tertiary/aromatic N) is 4. The molecular weight excluding hydrogens is 258 g/mol. The Morgan fingerprint density at radius 3 is 2.60 bits per heavy atom. The van der Waals surface area contributed by atoms with Crippen molar-refractivity contribution in [2.75, 3.05) is 33.2 Å². The van der Waals surface area contributed by atoms with Crippen molar-refractivity contribution in [1.82, 2.24) is 20.3 Å². The summed E-state index contributed by atoms with van der Waals surface area (Å²) in [6.45, 7) is 7.94. The Bertz CT molecular complexity index is 498. The molecule has 0 amide bonds. The molecule has 1 aromatic rings. The van der Waals surface area contributed by atoms with Crippen molar-refractivity contribution < 1.29 is 4.92 Å². The average Bonchev–Trinajstić information content (AvgIpc) is 2.39. The highest BCUT2D eigenvalue weighted by Gasteiger charge is 2.19. The van der Waals surface area contributed by atoms with Gasteiger partial charge in [-0.2, -0.15) is 0 Å². The van der Waals surface area contributed by atoms with Crippen LogP contribution >= 0.6 is 0 Å². The van der Waals surface area contributed by atoms with Crippen LogP contribution in [-0.2, 0) is 6.54 Å². The Morgan fingerprint density at radius 1 is 1.35 bits per heavy atom. The van der Waals surface area contributed by atoms with Crippen molar-refractivity contribution in [2.45, 2.75) is 20.4 Å². The molecule has 110 valence electrons. The molecule has 7 heteroatoms. The van der Waals surface area contributed by atoms with E-state index in [2.05, 4.69) is 27.4 Å². The van der Waals surface area contributed by atoms with Crippen LogP contribution in [0.25, 0.3) is 0 Å². The highest BCUT2D eigenvalue weighted by Crippen LogP contribution is 2.23. The van der Waals surface area contributed by atoms with Gasteiger partial charge in [0.2, 0.25) is 0 Å². The molecule has 0 saturated carbocycles. The van der Waals surface area contributed by atoms with Crippen LogP contribution < -0.4 is 5.43 Å². The normalized spacial score (nSPS) is 17.4. The van der Waals surface area contributed by atoms with Crippen LogP contribution in [0.4, 0.5) is 5.69 Å². The van der Waals surface area contributed by atoms with Crippen molar-refractivity contribution in [1.29, 1.82) is 0 Å². The zero-order chi connectivity index (χ0) is 14.7. The first-order valence-corrected chi connectivity index (χ1v) is 6.75. The number of pyridine rings is 1. The maximum absolute atomic E-state index is 11.1. The van der Waals surface area contributed by atoms with E-state index >= 15 is 0 Å². The highest BCUT2D eigenvalue weighted by molar-refractivity contribution is 5.47. The number of hydrazine groups is 1. The lowest BCUT2D eigenvalue weighted by molar-refractivity contribution is -0.386. The van der Waals surface area contributed by atoms with Crippen molar-refractivity contribution >= 4 is 5.69 Å². The smallest absolute Gasteiger partial charge is 0.278 e. The molecule has 0 bridgehead atoms. The van der Waals surface area contributed by atoms with E-state index in [1.807, 2.05) is 0 Å². The van der Waals surface area contributed by atoms with E-state index in [9.17, 15) is 10.1 Å². The molecule has 0 unspecified atom stereocenters. The second kappa shape index (κ2) is 6.25. The summed E-state index contributed by atoms with van der Waals surface area (Å²) in [5.74, 6) is 0. The fourth-order valence-electron chi connectivity index (χ4n) is 2.38. The number of aromatic nitrogens is 1. The topological polar surface area (TPSA) is 74.5 Å². The van der Waals surface area contributed by atoms with Gasteiger partial charge < -0.3 is 4.90 Å². The number of piperazine rings is 1. The summed E-state index contributed by atoms with van der Waals surface area (Å²) >= 11 is 0. The lowest BCUT2D eigenvalue weighted by Crippen LogP contribution is -2.50. The Balaban J connectivity index is 2.03. The summed E-state index contributed by atoms with van der Waals surface area (Å²) in [7, 11) is 2.10. The maximum Gasteiger partial charge on any atom is 0.278 e. The van der Waals surface area contributed by atoms with Crippen LogP contribution in [-0.4, -0.2) is 53.0 Å². The fourth-order valence-corrected chi connectivity index (χ4v) is 2.38. The molecule has 0 atom stereocenters. The minimum absolute atomic E-state index is 0.176. The molecule has 0 aliphatic carbocycles. The second-order valence-electron chi connectivity index (χ2n) is 5.24. The van der Waals surface area contributed by atoms with Crippen molar-refractivity contribution in [3.8, 4) is 0 Å². The Kier molecular flexibility index (Phi) is 4.64. The summed E-state index contributed by atoms with van der Waals surface area (Å²) in [6.07, 6.45) is 1.58. The standard InChI is InChI=1S/C13H21N5O2/c1-10-8-14-12(11(2)13(10)18(19)20)9-15-17-6-4-16(3)5-7-17/h8,15H,4-7,9H2,1-3H3. The predicted octanol–water partition coefficient (Wildman–Crippen LogP) is 0.859. The molecule has 0 spiro atoms. The van der Waals surface area contributed by atoms with Crippen LogP contribution in [0.2, 0.25) is 0 Å². The number of aryl methyl sites for hydroxylation is 1. The number of likely N-dealkylation sites (N-methyl/N-ethyl adjacent to an activating group) is 1. The van der Waals surface area contributed by atoms with E-state index < -0.39 is 0 Å². The van der Waals surface area contributed by atoms with Crippen LogP contribution in [0.15, 0.2) is 6.20 Å². The molecule has 20 heavy (non-hydrogen) atoms. The first-order chi connectivity index (χ1) is 9.49. The molecule has 0 aromatic carbocycles. The maximum atomic E-state index is 11.1. The summed E-state index contributed by atoms with van der Waals surface area (Å²) in [5.41, 5.74) is 5.48. The zero-order valence-corrected chi connectivity index (χ0v) is 12.2.